The van der Waals surface area contributed by atoms with Gasteiger partial charge in [-0.2, -0.15) is 0 Å². The van der Waals surface area contributed by atoms with Gasteiger partial charge in [0.15, 0.2) is 0 Å². The lowest BCUT2D eigenvalue weighted by Gasteiger charge is -2.27. The Bertz CT molecular complexity index is 1010. The van der Waals surface area contributed by atoms with Crippen molar-refractivity contribution in [2.24, 2.45) is 0 Å². The number of alkyl halides is 2. The van der Waals surface area contributed by atoms with Crippen LogP contribution in [-0.4, -0.2) is 40.4 Å². The van der Waals surface area contributed by atoms with E-state index in [2.05, 4.69) is 5.32 Å². The molecular formula is C23H27F2N3O2S. The molecule has 1 saturated heterocycles. The Hall–Kier alpha value is -2.35. The summed E-state index contributed by atoms with van der Waals surface area (Å²) in [5.41, 5.74) is 2.98. The van der Waals surface area contributed by atoms with Crippen molar-refractivity contribution in [1.82, 2.24) is 4.98 Å². The minimum absolute atomic E-state index is 0.142. The average molecular weight is 448 g/mol. The minimum Gasteiger partial charge on any atom is -0.356 e. The van der Waals surface area contributed by atoms with Crippen LogP contribution in [0.15, 0.2) is 35.2 Å². The molecule has 1 fully saturated rings. The Kier molecular flexibility index (Phi) is 6.36. The van der Waals surface area contributed by atoms with Crippen molar-refractivity contribution in [3.05, 3.63) is 47.2 Å². The first-order chi connectivity index (χ1) is 14.8. The van der Waals surface area contributed by atoms with Crippen molar-refractivity contribution >= 4 is 28.2 Å². The first kappa shape index (κ1) is 21.9. The van der Waals surface area contributed by atoms with Gasteiger partial charge in [0.05, 0.1) is 5.56 Å². The fourth-order valence-corrected chi connectivity index (χ4v) is 4.82. The van der Waals surface area contributed by atoms with Crippen molar-refractivity contribution in [1.29, 1.82) is 0 Å². The van der Waals surface area contributed by atoms with Gasteiger partial charge in [-0.15, -0.1) is 0 Å². The van der Waals surface area contributed by atoms with Crippen LogP contribution < -0.4 is 10.2 Å². The molecule has 1 atom stereocenters. The number of benzene rings is 1. The molecule has 166 valence electrons. The predicted octanol–water partition coefficient (Wildman–Crippen LogP) is 4.58. The summed E-state index contributed by atoms with van der Waals surface area (Å²) in [7, 11) is -1.16. The lowest BCUT2D eigenvalue weighted by Crippen LogP contribution is -2.30. The number of carbonyl (C=O) groups is 1. The molecule has 2 aromatic rings. The molecule has 0 radical (unpaired) electrons. The number of carbonyl (C=O) groups excluding carboxylic acids is 1. The van der Waals surface area contributed by atoms with E-state index in [1.807, 2.05) is 11.0 Å². The summed E-state index contributed by atoms with van der Waals surface area (Å²) in [5, 5.41) is 2.88. The molecule has 1 aliphatic carbocycles. The summed E-state index contributed by atoms with van der Waals surface area (Å²) in [5.74, 6) is -2.52. The van der Waals surface area contributed by atoms with Gasteiger partial charge in [-0.05, 0) is 61.9 Å². The Morgan fingerprint density at radius 1 is 1.13 bits per heavy atom. The van der Waals surface area contributed by atoms with Crippen molar-refractivity contribution < 1.29 is 17.8 Å². The van der Waals surface area contributed by atoms with Gasteiger partial charge in [0.25, 0.3) is 5.91 Å². The van der Waals surface area contributed by atoms with Gasteiger partial charge in [-0.25, -0.2) is 13.8 Å². The highest BCUT2D eigenvalue weighted by Gasteiger charge is 2.33. The molecule has 4 rings (SSSR count). The van der Waals surface area contributed by atoms with Crippen LogP contribution in [-0.2, 0) is 23.6 Å². The third-order valence-electron chi connectivity index (χ3n) is 5.97. The Balaban J connectivity index is 1.67. The number of aromatic nitrogens is 1. The van der Waals surface area contributed by atoms with Crippen LogP contribution in [0.5, 0.6) is 0 Å². The van der Waals surface area contributed by atoms with Crippen LogP contribution in [0, 0.1) is 0 Å². The summed E-state index contributed by atoms with van der Waals surface area (Å²) >= 11 is 0. The molecular weight excluding hydrogens is 420 g/mol. The second-order valence-electron chi connectivity index (χ2n) is 8.31. The number of fused-ring (bicyclic) bond motifs is 1. The third-order valence-corrected chi connectivity index (χ3v) is 6.88. The molecule has 8 heteroatoms. The molecule has 1 amide bonds. The van der Waals surface area contributed by atoms with Crippen LogP contribution in [0.2, 0.25) is 0 Å². The van der Waals surface area contributed by atoms with Crippen LogP contribution >= 0.6 is 0 Å². The van der Waals surface area contributed by atoms with Gasteiger partial charge < -0.3 is 10.2 Å². The first-order valence-corrected chi connectivity index (χ1v) is 12.3. The highest BCUT2D eigenvalue weighted by molar-refractivity contribution is 7.84. The van der Waals surface area contributed by atoms with Crippen LogP contribution in [0.4, 0.5) is 20.3 Å². The molecule has 31 heavy (non-hydrogen) atoms. The maximum absolute atomic E-state index is 13.9. The molecule has 1 aliphatic heterocycles. The zero-order valence-corrected chi connectivity index (χ0v) is 18.4. The van der Waals surface area contributed by atoms with E-state index in [0.29, 0.717) is 34.9 Å². The largest absolute Gasteiger partial charge is 0.356 e. The van der Waals surface area contributed by atoms with Crippen LogP contribution in [0.3, 0.4) is 0 Å². The molecule has 1 aromatic heterocycles. The summed E-state index contributed by atoms with van der Waals surface area (Å²) < 4.78 is 39.6. The van der Waals surface area contributed by atoms with E-state index < -0.39 is 16.7 Å². The SMILES string of the molecule is CS(=O)c1cccc(NC(=O)c2cc3c(nc2N2CCCC(F)(F)CC2)CCCC3)c1. The second kappa shape index (κ2) is 9.02. The number of amides is 1. The minimum atomic E-state index is -2.68. The fourth-order valence-electron chi connectivity index (χ4n) is 4.26. The number of nitrogens with zero attached hydrogens (tertiary/aromatic N) is 2. The Morgan fingerprint density at radius 3 is 2.74 bits per heavy atom. The highest BCUT2D eigenvalue weighted by atomic mass is 32.2. The zero-order valence-electron chi connectivity index (χ0n) is 17.6. The van der Waals surface area contributed by atoms with Gasteiger partial charge in [-0.3, -0.25) is 9.00 Å². The van der Waals surface area contributed by atoms with Crippen LogP contribution in [0.25, 0.3) is 0 Å². The summed E-state index contributed by atoms with van der Waals surface area (Å²) in [4.78, 5) is 20.5. The van der Waals surface area contributed by atoms with Crippen molar-refractivity contribution in [2.45, 2.75) is 55.8 Å². The molecule has 1 aromatic carbocycles. The number of nitrogens with one attached hydrogen (secondary N) is 1. The van der Waals surface area contributed by atoms with Crippen molar-refractivity contribution in [3.63, 3.8) is 0 Å². The molecule has 0 spiro atoms. The van der Waals surface area contributed by atoms with E-state index in [4.69, 9.17) is 4.98 Å². The number of hydrogen-bond donors (Lipinski definition) is 1. The Labute approximate surface area is 183 Å². The van der Waals surface area contributed by atoms with E-state index in [-0.39, 0.29) is 25.3 Å². The molecule has 5 nitrogen and oxygen atoms in total. The predicted molar refractivity (Wildman–Crippen MR) is 119 cm³/mol. The van der Waals surface area contributed by atoms with E-state index in [1.54, 1.807) is 30.5 Å². The fraction of sp³-hybridized carbons (Fsp3) is 0.478. The van der Waals surface area contributed by atoms with Gasteiger partial charge in [0.2, 0.25) is 5.92 Å². The summed E-state index contributed by atoms with van der Waals surface area (Å²) in [6, 6.07) is 8.81. The molecule has 0 bridgehead atoms. The van der Waals surface area contributed by atoms with Crippen molar-refractivity contribution in [3.8, 4) is 0 Å². The summed E-state index contributed by atoms with van der Waals surface area (Å²) in [6.07, 6.45) is 5.37. The molecule has 0 saturated carbocycles. The van der Waals surface area contributed by atoms with E-state index in [1.165, 1.54) is 0 Å². The molecule has 2 heterocycles. The van der Waals surface area contributed by atoms with Gasteiger partial charge in [-0.1, -0.05) is 6.07 Å². The maximum Gasteiger partial charge on any atom is 0.259 e. The number of aryl methyl sites for hydroxylation is 2. The topological polar surface area (TPSA) is 62.3 Å². The van der Waals surface area contributed by atoms with Crippen LogP contribution in [0.1, 0.15) is 53.7 Å². The van der Waals surface area contributed by atoms with E-state index in [9.17, 15) is 17.8 Å². The normalized spacial score (nSPS) is 19.3. The second-order valence-corrected chi connectivity index (χ2v) is 9.68. The quantitative estimate of drug-likeness (QED) is 0.746. The monoisotopic (exact) mass is 447 g/mol. The lowest BCUT2D eigenvalue weighted by atomic mass is 9.94. The molecule has 1 N–H and O–H groups in total. The number of pyridine rings is 1. The first-order valence-electron chi connectivity index (χ1n) is 10.7. The number of halogens is 2. The number of rotatable bonds is 4. The van der Waals surface area contributed by atoms with Crippen molar-refractivity contribution in [2.75, 3.05) is 29.6 Å². The highest BCUT2D eigenvalue weighted by Crippen LogP contribution is 2.33. The summed E-state index contributed by atoms with van der Waals surface area (Å²) in [6.45, 7) is 0.620. The molecule has 1 unspecified atom stereocenters. The Morgan fingerprint density at radius 2 is 1.94 bits per heavy atom. The standard InChI is InChI=1S/C23H27F2N3O2S/c1-31(30)18-8-4-7-17(15-18)26-22(29)19-14-16-6-2-3-9-20(16)27-21(19)28-12-5-10-23(24,25)11-13-28/h4,7-8,14-15H,2-3,5-6,9-13H2,1H3,(H,26,29). The van der Waals surface area contributed by atoms with Gasteiger partial charge in [0, 0.05) is 59.3 Å². The smallest absolute Gasteiger partial charge is 0.259 e. The molecule has 2 aliphatic rings. The average Bonchev–Trinajstić information content (AvgIpc) is 2.93. The number of hydrogen-bond acceptors (Lipinski definition) is 4. The third kappa shape index (κ3) is 5.11. The van der Waals surface area contributed by atoms with Gasteiger partial charge in [0.1, 0.15) is 5.82 Å². The maximum atomic E-state index is 13.9. The van der Waals surface area contributed by atoms with Gasteiger partial charge >= 0.3 is 0 Å². The number of anilines is 2. The zero-order chi connectivity index (χ0) is 22.0. The van der Waals surface area contributed by atoms with E-state index >= 15 is 0 Å². The lowest BCUT2D eigenvalue weighted by molar-refractivity contribution is -0.0102. The van der Waals surface area contributed by atoms with E-state index in [0.717, 1.165) is 36.9 Å².